The van der Waals surface area contributed by atoms with Crippen LogP contribution in [0.3, 0.4) is 0 Å². The van der Waals surface area contributed by atoms with Crippen LogP contribution >= 0.6 is 0 Å². The van der Waals surface area contributed by atoms with Crippen molar-refractivity contribution >= 4 is 0 Å². The summed E-state index contributed by atoms with van der Waals surface area (Å²) in [6, 6.07) is 1.62. The van der Waals surface area contributed by atoms with Gasteiger partial charge in [-0.2, -0.15) is 0 Å². The second-order valence-electron chi connectivity index (χ2n) is 6.84. The fourth-order valence-corrected chi connectivity index (χ4v) is 4.39. The van der Waals surface area contributed by atoms with Crippen molar-refractivity contribution in [3.05, 3.63) is 28.0 Å². The zero-order valence-corrected chi connectivity index (χ0v) is 12.2. The molecule has 1 N–H and O–H groups in total. The first-order chi connectivity index (χ1) is 8.92. The van der Waals surface area contributed by atoms with E-state index in [0.29, 0.717) is 29.6 Å². The van der Waals surface area contributed by atoms with E-state index in [2.05, 4.69) is 32.7 Å². The quantitative estimate of drug-likeness (QED) is 0.778. The maximum atomic E-state index is 12.3. The predicted molar refractivity (Wildman–Crippen MR) is 75.6 cm³/mol. The first-order valence-corrected chi connectivity index (χ1v) is 7.33. The van der Waals surface area contributed by atoms with Crippen molar-refractivity contribution in [2.45, 2.75) is 52.1 Å². The zero-order valence-electron chi connectivity index (χ0n) is 12.2. The summed E-state index contributed by atoms with van der Waals surface area (Å²) in [6.07, 6.45) is 3.92. The summed E-state index contributed by atoms with van der Waals surface area (Å²) < 4.78 is 6.23. The van der Waals surface area contributed by atoms with Crippen molar-refractivity contribution in [2.75, 3.05) is 0 Å². The van der Waals surface area contributed by atoms with Crippen LogP contribution in [0, 0.1) is 17.8 Å². The van der Waals surface area contributed by atoms with Crippen LogP contribution in [0.2, 0.25) is 0 Å². The summed E-state index contributed by atoms with van der Waals surface area (Å²) in [5, 5.41) is 0. The summed E-state index contributed by atoms with van der Waals surface area (Å²) in [4.78, 5) is 15.4. The molecule has 1 aromatic rings. The van der Waals surface area contributed by atoms with Gasteiger partial charge >= 0.3 is 0 Å². The molecule has 19 heavy (non-hydrogen) atoms. The number of hydrogen-bond acceptors (Lipinski definition) is 2. The van der Waals surface area contributed by atoms with Crippen molar-refractivity contribution in [1.82, 2.24) is 4.98 Å². The average Bonchev–Trinajstić information content (AvgIpc) is 2.36. The van der Waals surface area contributed by atoms with E-state index in [0.717, 1.165) is 12.0 Å². The van der Waals surface area contributed by atoms with E-state index in [1.807, 2.05) is 0 Å². The SMILES string of the molecule is C[C@H]1C[C@H](C)[C@H]2c3c([nH]ccc3=O)O[C@@](C)(C1)[C@@H]2C. The number of H-pyrrole nitrogens is 1. The van der Waals surface area contributed by atoms with Crippen LogP contribution in [0.15, 0.2) is 17.1 Å². The minimum atomic E-state index is -0.161. The van der Waals surface area contributed by atoms with Crippen molar-refractivity contribution in [1.29, 1.82) is 0 Å². The third kappa shape index (κ3) is 1.82. The van der Waals surface area contributed by atoms with Crippen LogP contribution in [0.25, 0.3) is 0 Å². The third-order valence-electron chi connectivity index (χ3n) is 5.27. The standard InChI is InChI=1S/C16H23NO2/c1-9-7-10(2)13-11(3)16(4,8-9)19-15-14(13)12(18)5-6-17-15/h5-6,9-11,13H,7-8H2,1-4H3,(H,17,18)/t9-,10-,11+,13+,16-/m0/s1. The lowest BCUT2D eigenvalue weighted by molar-refractivity contribution is -0.0135. The zero-order chi connectivity index (χ0) is 13.8. The van der Waals surface area contributed by atoms with Crippen LogP contribution in [0.1, 0.15) is 52.0 Å². The van der Waals surface area contributed by atoms with Gasteiger partial charge in [0, 0.05) is 24.1 Å². The van der Waals surface area contributed by atoms with Gasteiger partial charge in [0.15, 0.2) is 11.3 Å². The number of fused-ring (bicyclic) bond motifs is 4. The highest BCUT2D eigenvalue weighted by Gasteiger charge is 2.50. The van der Waals surface area contributed by atoms with Crippen molar-refractivity contribution in [3.8, 4) is 5.88 Å². The number of ether oxygens (including phenoxy) is 1. The lowest BCUT2D eigenvalue weighted by Crippen LogP contribution is -2.47. The number of nitrogens with one attached hydrogen (secondary N) is 1. The smallest absolute Gasteiger partial charge is 0.198 e. The molecule has 1 saturated carbocycles. The molecule has 3 rings (SSSR count). The first kappa shape index (κ1) is 12.8. The molecule has 0 saturated heterocycles. The van der Waals surface area contributed by atoms with Gasteiger partial charge in [-0.15, -0.1) is 0 Å². The summed E-state index contributed by atoms with van der Waals surface area (Å²) in [6.45, 7) is 9.03. The number of rotatable bonds is 0. The van der Waals surface area contributed by atoms with Gasteiger partial charge in [-0.05, 0) is 31.6 Å². The van der Waals surface area contributed by atoms with E-state index in [1.54, 1.807) is 12.3 Å². The molecule has 2 bridgehead atoms. The van der Waals surface area contributed by atoms with Gasteiger partial charge in [0.1, 0.15) is 5.60 Å². The fraction of sp³-hybridized carbons (Fsp3) is 0.688. The van der Waals surface area contributed by atoms with E-state index in [9.17, 15) is 4.79 Å². The Labute approximate surface area is 114 Å². The molecule has 0 amide bonds. The van der Waals surface area contributed by atoms with Gasteiger partial charge in [-0.1, -0.05) is 20.8 Å². The molecule has 2 heterocycles. The van der Waals surface area contributed by atoms with Gasteiger partial charge in [0.25, 0.3) is 0 Å². The van der Waals surface area contributed by atoms with Gasteiger partial charge < -0.3 is 9.72 Å². The number of aromatic amines is 1. The Bertz CT molecular complexity index is 550. The number of pyridine rings is 1. The monoisotopic (exact) mass is 261 g/mol. The molecule has 0 radical (unpaired) electrons. The normalized spacial score (nSPS) is 41.1. The highest BCUT2D eigenvalue weighted by Crippen LogP contribution is 2.52. The third-order valence-corrected chi connectivity index (χ3v) is 5.27. The second-order valence-corrected chi connectivity index (χ2v) is 6.84. The molecule has 3 heteroatoms. The Hall–Kier alpha value is -1.25. The van der Waals surface area contributed by atoms with Crippen LogP contribution in [0.5, 0.6) is 5.88 Å². The molecule has 1 fully saturated rings. The maximum absolute atomic E-state index is 12.3. The first-order valence-electron chi connectivity index (χ1n) is 7.33. The molecular weight excluding hydrogens is 238 g/mol. The lowest BCUT2D eigenvalue weighted by Gasteiger charge is -2.44. The van der Waals surface area contributed by atoms with Gasteiger partial charge in [0.2, 0.25) is 0 Å². The van der Waals surface area contributed by atoms with Crippen molar-refractivity contribution < 1.29 is 4.74 Å². The second kappa shape index (κ2) is 4.12. The van der Waals surface area contributed by atoms with Crippen LogP contribution in [-0.2, 0) is 0 Å². The summed E-state index contributed by atoms with van der Waals surface area (Å²) in [5.41, 5.74) is 0.828. The minimum Gasteiger partial charge on any atom is -0.472 e. The molecule has 1 aromatic heterocycles. The maximum Gasteiger partial charge on any atom is 0.198 e. The molecular formula is C16H23NO2. The Kier molecular flexibility index (Phi) is 2.77. The van der Waals surface area contributed by atoms with Gasteiger partial charge in [-0.25, -0.2) is 0 Å². The molecule has 3 nitrogen and oxygen atoms in total. The highest BCUT2D eigenvalue weighted by atomic mass is 16.5. The average molecular weight is 261 g/mol. The van der Waals surface area contributed by atoms with E-state index in [-0.39, 0.29) is 11.0 Å². The van der Waals surface area contributed by atoms with E-state index in [4.69, 9.17) is 4.74 Å². The molecule has 0 aromatic carbocycles. The van der Waals surface area contributed by atoms with Crippen LogP contribution in [0.4, 0.5) is 0 Å². The fourth-order valence-electron chi connectivity index (χ4n) is 4.39. The largest absolute Gasteiger partial charge is 0.472 e. The Morgan fingerprint density at radius 1 is 1.37 bits per heavy atom. The number of hydrogen-bond donors (Lipinski definition) is 1. The molecule has 1 aliphatic carbocycles. The molecule has 2 aliphatic rings. The van der Waals surface area contributed by atoms with E-state index in [1.165, 1.54) is 6.42 Å². The van der Waals surface area contributed by atoms with Gasteiger partial charge in [-0.3, -0.25) is 4.79 Å². The van der Waals surface area contributed by atoms with E-state index < -0.39 is 0 Å². The summed E-state index contributed by atoms with van der Waals surface area (Å²) in [7, 11) is 0. The summed E-state index contributed by atoms with van der Waals surface area (Å²) in [5.74, 6) is 2.56. The predicted octanol–water partition coefficient (Wildman–Crippen LogP) is 3.31. The van der Waals surface area contributed by atoms with Crippen LogP contribution in [-0.4, -0.2) is 10.6 Å². The van der Waals surface area contributed by atoms with Crippen molar-refractivity contribution in [2.24, 2.45) is 17.8 Å². The molecule has 0 spiro atoms. The molecule has 0 unspecified atom stereocenters. The number of aromatic nitrogens is 1. The van der Waals surface area contributed by atoms with Gasteiger partial charge in [0.05, 0.1) is 5.56 Å². The van der Waals surface area contributed by atoms with E-state index >= 15 is 0 Å². The van der Waals surface area contributed by atoms with Crippen LogP contribution < -0.4 is 10.2 Å². The highest BCUT2D eigenvalue weighted by molar-refractivity contribution is 5.35. The molecule has 104 valence electrons. The summed E-state index contributed by atoms with van der Waals surface area (Å²) >= 11 is 0. The Morgan fingerprint density at radius 3 is 2.84 bits per heavy atom. The molecule has 1 aliphatic heterocycles. The topological polar surface area (TPSA) is 42.1 Å². The molecule has 5 atom stereocenters. The minimum absolute atomic E-state index is 0.119. The van der Waals surface area contributed by atoms with Crippen molar-refractivity contribution in [3.63, 3.8) is 0 Å². The Balaban J connectivity index is 2.21. The Morgan fingerprint density at radius 2 is 2.11 bits per heavy atom. The lowest BCUT2D eigenvalue weighted by atomic mass is 9.71.